The first-order valence-corrected chi connectivity index (χ1v) is 9.30. The van der Waals surface area contributed by atoms with Crippen molar-refractivity contribution in [2.24, 2.45) is 0 Å². The van der Waals surface area contributed by atoms with E-state index in [-0.39, 0.29) is 0 Å². The van der Waals surface area contributed by atoms with Crippen molar-refractivity contribution in [2.75, 3.05) is 0 Å². The number of aromatic amines is 1. The Morgan fingerprint density at radius 3 is 2.04 bits per heavy atom. The third kappa shape index (κ3) is 2.55. The summed E-state index contributed by atoms with van der Waals surface area (Å²) < 4.78 is 0. The first-order valence-electron chi connectivity index (χ1n) is 8.92. The number of nitriles is 1. The summed E-state index contributed by atoms with van der Waals surface area (Å²) in [5, 5.41) is 14.5. The van der Waals surface area contributed by atoms with E-state index in [2.05, 4.69) is 16.0 Å². The summed E-state index contributed by atoms with van der Waals surface area (Å²) in [7, 11) is 0. The molecule has 1 heterocycles. The van der Waals surface area contributed by atoms with Crippen molar-refractivity contribution in [3.8, 4) is 6.07 Å². The smallest absolute Gasteiger partial charge is 0.149 e. The lowest BCUT2D eigenvalue weighted by Crippen LogP contribution is -1.89. The van der Waals surface area contributed by atoms with Crippen molar-refractivity contribution in [2.45, 2.75) is 0 Å². The SMILES string of the molecule is N#CC(=Cc1c2ccccc2c(Cl)c2ccccc12)c1nc2ccccc2[nH]1. The van der Waals surface area contributed by atoms with Crippen LogP contribution in [0.4, 0.5) is 0 Å². The molecule has 0 fully saturated rings. The van der Waals surface area contributed by atoms with Crippen LogP contribution in [-0.4, -0.2) is 9.97 Å². The van der Waals surface area contributed by atoms with E-state index in [9.17, 15) is 5.26 Å². The fourth-order valence-corrected chi connectivity index (χ4v) is 3.97. The van der Waals surface area contributed by atoms with Crippen LogP contribution >= 0.6 is 11.6 Å². The molecule has 1 aromatic heterocycles. The van der Waals surface area contributed by atoms with Gasteiger partial charge in [-0.3, -0.25) is 0 Å². The molecule has 0 unspecified atom stereocenters. The average molecular weight is 380 g/mol. The Kier molecular flexibility index (Phi) is 3.86. The molecule has 0 atom stereocenters. The van der Waals surface area contributed by atoms with Gasteiger partial charge >= 0.3 is 0 Å². The van der Waals surface area contributed by atoms with Gasteiger partial charge in [-0.1, -0.05) is 72.3 Å². The predicted octanol–water partition coefficient (Wildman–Crippen LogP) is 6.59. The number of aromatic nitrogens is 2. The summed E-state index contributed by atoms with van der Waals surface area (Å²) in [6.07, 6.45) is 1.90. The Balaban J connectivity index is 1.84. The summed E-state index contributed by atoms with van der Waals surface area (Å²) in [5.74, 6) is 0.562. The summed E-state index contributed by atoms with van der Waals surface area (Å²) >= 11 is 6.68. The highest BCUT2D eigenvalue weighted by Crippen LogP contribution is 2.37. The zero-order valence-corrected chi connectivity index (χ0v) is 15.5. The molecule has 28 heavy (non-hydrogen) atoms. The van der Waals surface area contributed by atoms with Crippen LogP contribution < -0.4 is 0 Å². The molecule has 4 heteroatoms. The van der Waals surface area contributed by atoms with Crippen molar-refractivity contribution in [1.29, 1.82) is 5.26 Å². The Labute approximate surface area is 166 Å². The largest absolute Gasteiger partial charge is 0.337 e. The van der Waals surface area contributed by atoms with Crippen molar-refractivity contribution >= 4 is 55.8 Å². The fourth-order valence-electron chi connectivity index (χ4n) is 3.64. The normalized spacial score (nSPS) is 11.9. The number of hydrogen-bond acceptors (Lipinski definition) is 2. The van der Waals surface area contributed by atoms with Crippen LogP contribution in [-0.2, 0) is 0 Å². The molecule has 1 N–H and O–H groups in total. The van der Waals surface area contributed by atoms with E-state index in [4.69, 9.17) is 11.6 Å². The molecule has 0 aliphatic rings. The molecule has 0 bridgehead atoms. The predicted molar refractivity (Wildman–Crippen MR) is 116 cm³/mol. The molecular weight excluding hydrogens is 366 g/mol. The van der Waals surface area contributed by atoms with Gasteiger partial charge in [0.15, 0.2) is 0 Å². The van der Waals surface area contributed by atoms with Crippen LogP contribution in [0.3, 0.4) is 0 Å². The van der Waals surface area contributed by atoms with E-state index < -0.39 is 0 Å². The van der Waals surface area contributed by atoms with Crippen LogP contribution in [0.1, 0.15) is 11.4 Å². The fraction of sp³-hybridized carbons (Fsp3) is 0. The summed E-state index contributed by atoms with van der Waals surface area (Å²) in [4.78, 5) is 7.83. The first-order chi connectivity index (χ1) is 13.8. The molecule has 0 saturated carbocycles. The molecule has 0 radical (unpaired) electrons. The van der Waals surface area contributed by atoms with E-state index >= 15 is 0 Å². The number of fused-ring (bicyclic) bond motifs is 3. The van der Waals surface area contributed by atoms with E-state index in [1.807, 2.05) is 78.9 Å². The minimum absolute atomic E-state index is 0.480. The second-order valence-corrected chi connectivity index (χ2v) is 6.97. The van der Waals surface area contributed by atoms with Crippen LogP contribution in [0.5, 0.6) is 0 Å². The summed E-state index contributed by atoms with van der Waals surface area (Å²) in [5.41, 5.74) is 3.19. The van der Waals surface area contributed by atoms with E-state index in [0.717, 1.165) is 43.2 Å². The molecule has 0 aliphatic carbocycles. The highest BCUT2D eigenvalue weighted by atomic mass is 35.5. The monoisotopic (exact) mass is 379 g/mol. The minimum atomic E-state index is 0.480. The number of benzene rings is 4. The van der Waals surface area contributed by atoms with Gasteiger partial charge in [-0.05, 0) is 34.5 Å². The number of para-hydroxylation sites is 2. The van der Waals surface area contributed by atoms with Gasteiger partial charge in [-0.15, -0.1) is 0 Å². The van der Waals surface area contributed by atoms with Crippen LogP contribution in [0.15, 0.2) is 72.8 Å². The van der Waals surface area contributed by atoms with E-state index in [0.29, 0.717) is 11.4 Å². The number of allylic oxidation sites excluding steroid dienone is 1. The highest BCUT2D eigenvalue weighted by Gasteiger charge is 2.13. The van der Waals surface area contributed by atoms with Crippen LogP contribution in [0.25, 0.3) is 44.2 Å². The Hall–Kier alpha value is -3.61. The van der Waals surface area contributed by atoms with Gasteiger partial charge in [0, 0.05) is 10.8 Å². The molecule has 4 aromatic carbocycles. The van der Waals surface area contributed by atoms with Crippen molar-refractivity contribution < 1.29 is 0 Å². The van der Waals surface area contributed by atoms with Gasteiger partial charge in [0.05, 0.1) is 21.6 Å². The lowest BCUT2D eigenvalue weighted by Gasteiger charge is -2.11. The lowest BCUT2D eigenvalue weighted by molar-refractivity contribution is 1.27. The average Bonchev–Trinajstić information content (AvgIpc) is 3.18. The Morgan fingerprint density at radius 1 is 0.857 bits per heavy atom. The van der Waals surface area contributed by atoms with Gasteiger partial charge in [0.2, 0.25) is 0 Å². The third-order valence-electron chi connectivity index (χ3n) is 4.96. The zero-order valence-electron chi connectivity index (χ0n) is 14.8. The third-order valence-corrected chi connectivity index (χ3v) is 5.37. The number of halogens is 1. The van der Waals surface area contributed by atoms with Gasteiger partial charge in [-0.2, -0.15) is 5.26 Å². The number of imidazole rings is 1. The van der Waals surface area contributed by atoms with E-state index in [1.54, 1.807) is 0 Å². The maximum Gasteiger partial charge on any atom is 0.149 e. The first kappa shape index (κ1) is 16.6. The quantitative estimate of drug-likeness (QED) is 0.278. The summed E-state index contributed by atoms with van der Waals surface area (Å²) in [6.45, 7) is 0. The molecule has 5 rings (SSSR count). The van der Waals surface area contributed by atoms with Gasteiger partial charge in [0.25, 0.3) is 0 Å². The molecule has 0 aliphatic heterocycles. The zero-order chi connectivity index (χ0) is 19.1. The van der Waals surface area contributed by atoms with E-state index in [1.165, 1.54) is 0 Å². The second kappa shape index (κ2) is 6.53. The molecule has 3 nitrogen and oxygen atoms in total. The Morgan fingerprint density at radius 2 is 1.43 bits per heavy atom. The molecule has 0 spiro atoms. The molecule has 0 amide bonds. The highest BCUT2D eigenvalue weighted by molar-refractivity contribution is 6.41. The van der Waals surface area contributed by atoms with Gasteiger partial charge in [-0.25, -0.2) is 4.98 Å². The standard InChI is InChI=1S/C24H14ClN3/c25-23-18-9-3-1-7-16(18)20(17-8-2-4-10-19(17)23)13-15(14-26)24-27-21-11-5-6-12-22(21)28-24/h1-13H,(H,27,28). The summed E-state index contributed by atoms with van der Waals surface area (Å²) in [6, 6.07) is 26.1. The molecule has 132 valence electrons. The number of nitrogens with zero attached hydrogens (tertiary/aromatic N) is 2. The maximum absolute atomic E-state index is 9.86. The molecular formula is C24H14ClN3. The second-order valence-electron chi connectivity index (χ2n) is 6.59. The number of hydrogen-bond donors (Lipinski definition) is 1. The molecule has 5 aromatic rings. The van der Waals surface area contributed by atoms with Crippen molar-refractivity contribution in [3.63, 3.8) is 0 Å². The topological polar surface area (TPSA) is 52.5 Å². The lowest BCUT2D eigenvalue weighted by atomic mass is 9.95. The van der Waals surface area contributed by atoms with Crippen molar-refractivity contribution in [3.05, 3.63) is 89.2 Å². The maximum atomic E-state index is 9.86. The number of rotatable bonds is 2. The van der Waals surface area contributed by atoms with Crippen molar-refractivity contribution in [1.82, 2.24) is 9.97 Å². The number of nitrogens with one attached hydrogen (secondary N) is 1. The number of H-pyrrole nitrogens is 1. The van der Waals surface area contributed by atoms with Crippen LogP contribution in [0, 0.1) is 11.3 Å². The molecule has 0 saturated heterocycles. The van der Waals surface area contributed by atoms with Gasteiger partial charge < -0.3 is 4.98 Å². The Bertz CT molecular complexity index is 1350. The van der Waals surface area contributed by atoms with Crippen LogP contribution in [0.2, 0.25) is 5.02 Å². The van der Waals surface area contributed by atoms with Gasteiger partial charge in [0.1, 0.15) is 11.9 Å². The minimum Gasteiger partial charge on any atom is -0.337 e.